The number of halogens is 1. The van der Waals surface area contributed by atoms with Crippen LogP contribution >= 0.6 is 58.2 Å². The summed E-state index contributed by atoms with van der Waals surface area (Å²) in [4.78, 5) is 109. The van der Waals surface area contributed by atoms with Gasteiger partial charge in [0.1, 0.15) is 27.4 Å². The van der Waals surface area contributed by atoms with E-state index in [0.717, 1.165) is 87.9 Å². The highest BCUT2D eigenvalue weighted by Gasteiger charge is 2.32. The van der Waals surface area contributed by atoms with E-state index in [1.807, 2.05) is 140 Å². The molecule has 15 rings (SSSR count). The van der Waals surface area contributed by atoms with Crippen LogP contribution in [0.5, 0.6) is 0 Å². The predicted molar refractivity (Wildman–Crippen MR) is 469 cm³/mol. The van der Waals surface area contributed by atoms with Crippen LogP contribution in [0.4, 0.5) is 38.5 Å². The predicted octanol–water partition coefficient (Wildman–Crippen LogP) is 16.9. The first-order chi connectivity index (χ1) is 54.0. The zero-order valence-electron chi connectivity index (χ0n) is 70.3. The second-order valence-electron chi connectivity index (χ2n) is 34.9. The van der Waals surface area contributed by atoms with E-state index in [9.17, 15) is 24.0 Å². The zero-order valence-corrected chi connectivity index (χ0v) is 74.4. The van der Waals surface area contributed by atoms with Crippen LogP contribution in [0, 0.1) is 0 Å². The molecule has 618 valence electrons. The lowest BCUT2D eigenvalue weighted by Gasteiger charge is -2.31. The van der Waals surface area contributed by atoms with Crippen molar-refractivity contribution in [3.63, 3.8) is 0 Å². The molecule has 3 aromatic carbocycles. The van der Waals surface area contributed by atoms with Crippen molar-refractivity contribution in [3.8, 4) is 15.4 Å². The van der Waals surface area contributed by atoms with Gasteiger partial charge in [0, 0.05) is 119 Å². The third kappa shape index (κ3) is 19.5. The van der Waals surface area contributed by atoms with Gasteiger partial charge in [-0.2, -0.15) is 9.97 Å². The number of hydrogen-bond donors (Lipinski definition) is 4. The normalized spacial score (nSPS) is 13.8. The van der Waals surface area contributed by atoms with E-state index in [1.165, 1.54) is 68.0 Å². The zero-order chi connectivity index (χ0) is 83.3. The number of aromatic nitrogens is 15. The van der Waals surface area contributed by atoms with E-state index in [0.29, 0.717) is 81.5 Å². The molecule has 0 radical (unpaired) electrons. The van der Waals surface area contributed by atoms with Gasteiger partial charge in [-0.3, -0.25) is 14.4 Å². The van der Waals surface area contributed by atoms with E-state index in [4.69, 9.17) is 40.1 Å². The monoisotopic (exact) mass is 1670 g/mol. The Kier molecular flexibility index (Phi) is 25.8. The van der Waals surface area contributed by atoms with Crippen LogP contribution in [0.15, 0.2) is 109 Å². The summed E-state index contributed by atoms with van der Waals surface area (Å²) in [6, 6.07) is 18.1. The molecule has 12 aromatic rings. The molecule has 116 heavy (non-hydrogen) atoms. The molecular weight excluding hydrogens is 1570 g/mol. The lowest BCUT2D eigenvalue weighted by molar-refractivity contribution is 0.0214. The number of amides is 2. The van der Waals surface area contributed by atoms with E-state index >= 15 is 0 Å². The van der Waals surface area contributed by atoms with Crippen LogP contribution in [-0.4, -0.2) is 132 Å². The van der Waals surface area contributed by atoms with Crippen molar-refractivity contribution in [1.29, 1.82) is 0 Å². The van der Waals surface area contributed by atoms with Crippen molar-refractivity contribution in [2.24, 2.45) is 0 Å². The molecule has 0 unspecified atom stereocenters. The number of nitrogens with two attached hydrogens (primary N) is 1. The fourth-order valence-corrected chi connectivity index (χ4v) is 16.7. The highest BCUT2D eigenvalue weighted by molar-refractivity contribution is 7.98. The number of fused-ring (bicyclic) bond motifs is 6. The summed E-state index contributed by atoms with van der Waals surface area (Å²) >= 11 is 5.99. The van der Waals surface area contributed by atoms with Crippen LogP contribution < -0.4 is 38.4 Å². The maximum absolute atomic E-state index is 13.3. The molecule has 0 fully saturated rings. The highest BCUT2D eigenvalue weighted by atomic mass is 35.5. The van der Waals surface area contributed by atoms with Gasteiger partial charge in [0.25, 0.3) is 16.7 Å². The molecule has 33 heteroatoms. The first-order valence-corrected chi connectivity index (χ1v) is 42.6. The van der Waals surface area contributed by atoms with Gasteiger partial charge in [0.15, 0.2) is 22.1 Å². The van der Waals surface area contributed by atoms with Crippen LogP contribution in [0.25, 0.3) is 48.5 Å². The van der Waals surface area contributed by atoms with Crippen molar-refractivity contribution >= 4 is 132 Å². The minimum absolute atomic E-state index is 0. The minimum Gasteiger partial charge on any atom is -0.444 e. The Morgan fingerprint density at radius 3 is 1.22 bits per heavy atom. The largest absolute Gasteiger partial charge is 0.444 e. The average molecular weight is 1680 g/mol. The number of nitrogens with zero attached hydrogens (tertiary/aromatic N) is 17. The molecule has 5 N–H and O–H groups in total. The molecule has 9 aromatic heterocycles. The summed E-state index contributed by atoms with van der Waals surface area (Å²) in [6.07, 6.45) is 8.81. The maximum atomic E-state index is 13.3. The summed E-state index contributed by atoms with van der Waals surface area (Å²) < 4.78 is 21.5. The van der Waals surface area contributed by atoms with Gasteiger partial charge in [-0.25, -0.2) is 72.6 Å². The molecule has 3 aliphatic rings. The molecule has 0 atom stereocenters. The second-order valence-corrected chi connectivity index (χ2v) is 38.2. The Hall–Kier alpha value is -9.86. The SMILES string of the molecule is CC(C)(C)OC(=O)N1CCc2ccc(N)cc2C1.CC(C)n1c(=O)c2cnc(Nc3ccc4c(c3)CN(C(=O)OC(C)(C)C)CC4)nc2n1-c1nc(C(C)(C)C)cs1.CC(C)n1c(=O)c2cnc(Nc3ccc4c(c3)CNCC4)nc2n1-c1nc(C(C)(C)C)cs1.CSc1ncc2c(=O)n(C(C)C)n(-c3nc(C(C)(C)C)cs3)c2n1.Cl. The van der Waals surface area contributed by atoms with Gasteiger partial charge in [-0.05, 0) is 185 Å². The summed E-state index contributed by atoms with van der Waals surface area (Å²) in [5.41, 5.74) is 18.6. The van der Waals surface area contributed by atoms with Gasteiger partial charge in [0.05, 0.1) is 17.1 Å². The van der Waals surface area contributed by atoms with Crippen LogP contribution in [0.1, 0.15) is 214 Å². The van der Waals surface area contributed by atoms with Crippen molar-refractivity contribution in [1.82, 2.24) is 88.1 Å². The first kappa shape index (κ1) is 87.0. The molecule has 0 saturated heterocycles. The number of anilines is 5. The van der Waals surface area contributed by atoms with Crippen molar-refractivity contribution < 1.29 is 19.1 Å². The topological polar surface area (TPSA) is 318 Å². The summed E-state index contributed by atoms with van der Waals surface area (Å²) in [7, 11) is 0. The summed E-state index contributed by atoms with van der Waals surface area (Å²) in [5.74, 6) is 0.822. The lowest BCUT2D eigenvalue weighted by atomic mass is 9.93. The number of nitrogens with one attached hydrogen (secondary N) is 3. The standard InChI is InChI=1S/C29H37N7O3S.C24H29N7OS.C16H21N5OS2.C14H20N2O2.ClH/c1-17(2)35-24(37)21-14-30-25(33-23(21)36(35)26-32-22(16-40-26)28(3,4)5)31-20-10-9-18-11-12-34(15-19(18)13-20)27(38)39-29(6,7)8;1-14(2)30-21(32)18-12-26-22(27-17-7-6-15-8-9-25-11-16(15)10-17)29-20(18)31(30)23-28-19(13-33-23)24(3,4)5;1-9(2)20-13(22)10-7-17-14(23-6)19-12(10)21(20)15-18-11(8-24-15)16(3,4)5;1-14(2,3)18-13(17)16-7-6-10-4-5-12(15)8-11(10)9-16;/h9-10,13-14,16-17H,11-12,15H2,1-8H3,(H,30,31,33);6-7,10,12-14,25H,8-9,11H2,1-5H3,(H,26,27,29);7-9H,1-6H3;4-5,8H,6-7,9,15H2,1-3H3;1H. The van der Waals surface area contributed by atoms with Gasteiger partial charge in [-0.1, -0.05) is 92.3 Å². The van der Waals surface area contributed by atoms with E-state index in [1.54, 1.807) is 47.1 Å². The molecule has 2 amide bonds. The van der Waals surface area contributed by atoms with Crippen molar-refractivity contribution in [3.05, 3.63) is 171 Å². The maximum Gasteiger partial charge on any atom is 0.410 e. The van der Waals surface area contributed by atoms with Crippen LogP contribution in [-0.2, 0) is 64.6 Å². The summed E-state index contributed by atoms with van der Waals surface area (Å²) in [5, 5.41) is 20.4. The Morgan fingerprint density at radius 1 is 0.483 bits per heavy atom. The average Bonchev–Trinajstić information content (AvgIpc) is 1.61. The molecule has 3 aliphatic heterocycles. The summed E-state index contributed by atoms with van der Waals surface area (Å²) in [6.45, 7) is 46.5. The van der Waals surface area contributed by atoms with Gasteiger partial charge in [0.2, 0.25) is 27.3 Å². The molecule has 0 saturated carbocycles. The number of rotatable bonds is 11. The minimum atomic E-state index is -0.543. The molecule has 0 spiro atoms. The molecule has 0 bridgehead atoms. The molecule has 12 heterocycles. The Morgan fingerprint density at radius 2 is 0.845 bits per heavy atom. The molecular formula is C83H108ClN21O7S4. The fraction of sp³-hybridized carbons (Fsp3) is 0.470. The quantitative estimate of drug-likeness (QED) is 0.0531. The lowest BCUT2D eigenvalue weighted by Crippen LogP contribution is -2.39. The second kappa shape index (κ2) is 34.4. The number of ether oxygens (including phenoxy) is 2. The number of thioether (sulfide) groups is 1. The molecule has 28 nitrogen and oxygen atoms in total. The van der Waals surface area contributed by atoms with Crippen molar-refractivity contribution in [2.75, 3.05) is 42.3 Å². The van der Waals surface area contributed by atoms with Crippen LogP contribution in [0.3, 0.4) is 0 Å². The van der Waals surface area contributed by atoms with E-state index in [2.05, 4.69) is 128 Å². The number of carbonyl (C=O) groups excluding carboxylic acids is 2. The molecule has 0 aliphatic carbocycles. The third-order valence-corrected chi connectivity index (χ3v) is 22.2. The van der Waals surface area contributed by atoms with Crippen LogP contribution in [0.2, 0.25) is 0 Å². The van der Waals surface area contributed by atoms with E-state index < -0.39 is 11.2 Å². The first-order valence-electron chi connectivity index (χ1n) is 38.8. The Labute approximate surface area is 698 Å². The van der Waals surface area contributed by atoms with Crippen molar-refractivity contribution in [2.45, 2.75) is 235 Å². The van der Waals surface area contributed by atoms with Gasteiger partial charge in [-0.15, -0.1) is 46.4 Å². The fourth-order valence-electron chi connectivity index (χ4n) is 13.3. The number of nitrogen functional groups attached to an aromatic ring is 1. The van der Waals surface area contributed by atoms with Gasteiger partial charge >= 0.3 is 12.2 Å². The number of carbonyl (C=O) groups is 2. The highest BCUT2D eigenvalue weighted by Crippen LogP contribution is 2.35. The number of hydrogen-bond acceptors (Lipinski definition) is 24. The number of benzene rings is 3. The number of thiazole rings is 3. The third-order valence-electron chi connectivity index (χ3n) is 19.2. The Balaban J connectivity index is 0.000000158. The smallest absolute Gasteiger partial charge is 0.410 e. The Bertz CT molecular complexity index is 5790. The van der Waals surface area contributed by atoms with E-state index in [-0.39, 0.29) is 75.6 Å². The van der Waals surface area contributed by atoms with Gasteiger partial charge < -0.3 is 41.0 Å².